The number of rotatable bonds is 4. The second-order valence-corrected chi connectivity index (χ2v) is 7.37. The van der Waals surface area contributed by atoms with E-state index in [0.717, 1.165) is 30.5 Å². The normalized spacial score (nSPS) is 29.7. The Balaban J connectivity index is 1.86. The number of hydrogen-bond acceptors (Lipinski definition) is 3. The molecule has 21 heavy (non-hydrogen) atoms. The lowest BCUT2D eigenvalue weighted by atomic mass is 10.00. The maximum Gasteiger partial charge on any atom is 0.0588 e. The molecule has 2 aliphatic rings. The molecule has 1 aromatic carbocycles. The zero-order valence-electron chi connectivity index (χ0n) is 12.8. The zero-order valence-corrected chi connectivity index (χ0v) is 14.4. The van der Waals surface area contributed by atoms with E-state index in [9.17, 15) is 5.11 Å². The van der Waals surface area contributed by atoms with Crippen LogP contribution in [0.25, 0.3) is 0 Å². The maximum atomic E-state index is 10.1. The predicted molar refractivity (Wildman–Crippen MR) is 90.7 cm³/mol. The predicted octanol–water partition coefficient (Wildman–Crippen LogP) is 3.33. The van der Waals surface area contributed by atoms with E-state index in [0.29, 0.717) is 17.9 Å². The third-order valence-electron chi connectivity index (χ3n) is 5.13. The number of nitrogens with zero attached hydrogens (tertiary/aromatic N) is 1. The molecule has 4 heteroatoms. The lowest BCUT2D eigenvalue weighted by Gasteiger charge is -2.26. The Bertz CT molecular complexity index is 508. The van der Waals surface area contributed by atoms with Gasteiger partial charge in [-0.1, -0.05) is 28.9 Å². The number of nitrogens with one attached hydrogen (secondary N) is 1. The standard InChI is InChI=1S/C17H25BrN2O/c1-3-19-11(2)14-6-5-13(18)8-16(14)20-9-12-4-7-17(21)15(12)10-20/h5-6,8,11-12,15,17,19,21H,3-4,7,9-10H2,1-2H3. The first kappa shape index (κ1) is 15.3. The van der Waals surface area contributed by atoms with Gasteiger partial charge in [-0.15, -0.1) is 0 Å². The Hall–Kier alpha value is -0.580. The fraction of sp³-hybridized carbons (Fsp3) is 0.647. The summed E-state index contributed by atoms with van der Waals surface area (Å²) in [7, 11) is 0. The van der Waals surface area contributed by atoms with Gasteiger partial charge in [-0.05, 0) is 49.9 Å². The van der Waals surface area contributed by atoms with Crippen molar-refractivity contribution in [2.45, 2.75) is 38.8 Å². The summed E-state index contributed by atoms with van der Waals surface area (Å²) in [5.41, 5.74) is 2.67. The molecular weight excluding hydrogens is 328 g/mol. The van der Waals surface area contributed by atoms with Gasteiger partial charge in [-0.2, -0.15) is 0 Å². The number of anilines is 1. The number of aliphatic hydroxyl groups excluding tert-OH is 1. The average molecular weight is 353 g/mol. The highest BCUT2D eigenvalue weighted by Gasteiger charge is 2.42. The minimum Gasteiger partial charge on any atom is -0.393 e. The number of fused-ring (bicyclic) bond motifs is 1. The van der Waals surface area contributed by atoms with Gasteiger partial charge >= 0.3 is 0 Å². The smallest absolute Gasteiger partial charge is 0.0588 e. The van der Waals surface area contributed by atoms with Crippen molar-refractivity contribution >= 4 is 21.6 Å². The van der Waals surface area contributed by atoms with Gasteiger partial charge in [-0.3, -0.25) is 0 Å². The van der Waals surface area contributed by atoms with Crippen LogP contribution < -0.4 is 10.2 Å². The minimum atomic E-state index is -0.0956. The first-order valence-electron chi connectivity index (χ1n) is 8.06. The maximum absolute atomic E-state index is 10.1. The van der Waals surface area contributed by atoms with E-state index in [2.05, 4.69) is 58.2 Å². The molecule has 2 N–H and O–H groups in total. The molecule has 3 rings (SSSR count). The van der Waals surface area contributed by atoms with Gasteiger partial charge in [0.15, 0.2) is 0 Å². The molecule has 2 fully saturated rings. The Morgan fingerprint density at radius 3 is 2.90 bits per heavy atom. The van der Waals surface area contributed by atoms with Crippen LogP contribution in [0, 0.1) is 11.8 Å². The fourth-order valence-corrected chi connectivity index (χ4v) is 4.36. The van der Waals surface area contributed by atoms with E-state index in [4.69, 9.17) is 0 Å². The number of aliphatic hydroxyl groups is 1. The molecule has 0 bridgehead atoms. The minimum absolute atomic E-state index is 0.0956. The van der Waals surface area contributed by atoms with Gasteiger partial charge in [-0.25, -0.2) is 0 Å². The first-order valence-corrected chi connectivity index (χ1v) is 8.85. The van der Waals surface area contributed by atoms with Gasteiger partial charge in [0, 0.05) is 35.2 Å². The van der Waals surface area contributed by atoms with Crippen molar-refractivity contribution in [3.05, 3.63) is 28.2 Å². The van der Waals surface area contributed by atoms with Crippen LogP contribution in [0.1, 0.15) is 38.3 Å². The molecule has 116 valence electrons. The van der Waals surface area contributed by atoms with Crippen LogP contribution >= 0.6 is 15.9 Å². The second-order valence-electron chi connectivity index (χ2n) is 6.46. The van der Waals surface area contributed by atoms with E-state index in [1.165, 1.54) is 17.7 Å². The van der Waals surface area contributed by atoms with E-state index in [-0.39, 0.29) is 6.10 Å². The molecule has 1 saturated carbocycles. The van der Waals surface area contributed by atoms with Crippen molar-refractivity contribution < 1.29 is 5.11 Å². The molecule has 4 atom stereocenters. The van der Waals surface area contributed by atoms with Crippen LogP contribution in [0.4, 0.5) is 5.69 Å². The monoisotopic (exact) mass is 352 g/mol. The largest absolute Gasteiger partial charge is 0.393 e. The summed E-state index contributed by atoms with van der Waals surface area (Å²) < 4.78 is 1.13. The van der Waals surface area contributed by atoms with Crippen LogP contribution in [-0.2, 0) is 0 Å². The topological polar surface area (TPSA) is 35.5 Å². The Morgan fingerprint density at radius 2 is 2.19 bits per heavy atom. The SMILES string of the molecule is CCNC(C)c1ccc(Br)cc1N1CC2CCC(O)C2C1. The summed E-state index contributed by atoms with van der Waals surface area (Å²) in [6.07, 6.45) is 2.07. The lowest BCUT2D eigenvalue weighted by molar-refractivity contribution is 0.133. The molecule has 1 aliphatic carbocycles. The van der Waals surface area contributed by atoms with Crippen LogP contribution in [-0.4, -0.2) is 30.8 Å². The highest BCUT2D eigenvalue weighted by Crippen LogP contribution is 2.42. The molecular formula is C17H25BrN2O. The van der Waals surface area contributed by atoms with Gasteiger partial charge in [0.1, 0.15) is 0 Å². The third kappa shape index (κ3) is 2.99. The zero-order chi connectivity index (χ0) is 15.0. The Labute approximate surface area is 135 Å². The summed E-state index contributed by atoms with van der Waals surface area (Å²) in [5.74, 6) is 1.13. The Kier molecular flexibility index (Phi) is 4.57. The van der Waals surface area contributed by atoms with Crippen molar-refractivity contribution in [1.29, 1.82) is 0 Å². The highest BCUT2D eigenvalue weighted by atomic mass is 79.9. The van der Waals surface area contributed by atoms with E-state index in [1.807, 2.05) is 0 Å². The molecule has 3 nitrogen and oxygen atoms in total. The average Bonchev–Trinajstić information content (AvgIpc) is 3.01. The van der Waals surface area contributed by atoms with Crippen molar-refractivity contribution in [1.82, 2.24) is 5.32 Å². The van der Waals surface area contributed by atoms with Crippen LogP contribution in [0.2, 0.25) is 0 Å². The van der Waals surface area contributed by atoms with Crippen molar-refractivity contribution in [2.24, 2.45) is 11.8 Å². The van der Waals surface area contributed by atoms with Gasteiger partial charge < -0.3 is 15.3 Å². The third-order valence-corrected chi connectivity index (χ3v) is 5.62. The summed E-state index contributed by atoms with van der Waals surface area (Å²) in [6, 6.07) is 6.93. The number of halogens is 1. The molecule has 0 spiro atoms. The first-order chi connectivity index (χ1) is 10.1. The second kappa shape index (κ2) is 6.27. The molecule has 1 saturated heterocycles. The molecule has 0 aromatic heterocycles. The molecule has 4 unspecified atom stereocenters. The van der Waals surface area contributed by atoms with Crippen LogP contribution in [0.5, 0.6) is 0 Å². The Morgan fingerprint density at radius 1 is 1.38 bits per heavy atom. The van der Waals surface area contributed by atoms with Crippen LogP contribution in [0.3, 0.4) is 0 Å². The highest BCUT2D eigenvalue weighted by molar-refractivity contribution is 9.10. The quantitative estimate of drug-likeness (QED) is 0.872. The summed E-state index contributed by atoms with van der Waals surface area (Å²) in [4.78, 5) is 2.48. The molecule has 1 heterocycles. The summed E-state index contributed by atoms with van der Waals surface area (Å²) in [6.45, 7) is 7.42. The summed E-state index contributed by atoms with van der Waals surface area (Å²) in [5, 5.41) is 13.6. The van der Waals surface area contributed by atoms with Gasteiger partial charge in [0.2, 0.25) is 0 Å². The van der Waals surface area contributed by atoms with E-state index >= 15 is 0 Å². The van der Waals surface area contributed by atoms with Crippen molar-refractivity contribution in [2.75, 3.05) is 24.5 Å². The van der Waals surface area contributed by atoms with E-state index < -0.39 is 0 Å². The van der Waals surface area contributed by atoms with Crippen molar-refractivity contribution in [3.63, 3.8) is 0 Å². The molecule has 1 aromatic rings. The van der Waals surface area contributed by atoms with Crippen molar-refractivity contribution in [3.8, 4) is 0 Å². The summed E-state index contributed by atoms with van der Waals surface area (Å²) >= 11 is 3.61. The van der Waals surface area contributed by atoms with E-state index in [1.54, 1.807) is 0 Å². The fourth-order valence-electron chi connectivity index (χ4n) is 4.01. The molecule has 0 amide bonds. The number of hydrogen-bond donors (Lipinski definition) is 2. The molecule has 1 aliphatic heterocycles. The van der Waals surface area contributed by atoms with Crippen LogP contribution in [0.15, 0.2) is 22.7 Å². The van der Waals surface area contributed by atoms with Gasteiger partial charge in [0.05, 0.1) is 6.10 Å². The van der Waals surface area contributed by atoms with Gasteiger partial charge in [0.25, 0.3) is 0 Å². The molecule has 0 radical (unpaired) electrons. The lowest BCUT2D eigenvalue weighted by Crippen LogP contribution is -2.27. The number of benzene rings is 1.